The molecule has 0 saturated carbocycles. The van der Waals surface area contributed by atoms with E-state index in [1.54, 1.807) is 42.5 Å². The maximum absolute atomic E-state index is 12.8. The van der Waals surface area contributed by atoms with Gasteiger partial charge in [0, 0.05) is 21.3 Å². The molecule has 0 saturated heterocycles. The average Bonchev–Trinajstić information content (AvgIpc) is 2.80. The second kappa shape index (κ2) is 10.9. The lowest BCUT2D eigenvalue weighted by Crippen LogP contribution is -2.15. The normalized spacial score (nSPS) is 10.4. The number of rotatable bonds is 8. The zero-order valence-corrected chi connectivity index (χ0v) is 19.5. The number of nitrogens with one attached hydrogen (secondary N) is 2. The first-order valence-electron chi connectivity index (χ1n) is 9.72. The lowest BCUT2D eigenvalue weighted by Gasteiger charge is -2.13. The first kappa shape index (κ1) is 23.5. The van der Waals surface area contributed by atoms with Gasteiger partial charge in [-0.3, -0.25) is 9.59 Å². The van der Waals surface area contributed by atoms with Crippen molar-refractivity contribution in [1.29, 1.82) is 0 Å². The SMILES string of the molecule is COc1cccc(OC)c1C(=O)Nc1ccc(SCC(=O)Nc2cc(Cl)ccc2C)cc1. The van der Waals surface area contributed by atoms with Crippen molar-refractivity contribution in [3.8, 4) is 11.5 Å². The van der Waals surface area contributed by atoms with Crippen LogP contribution in [0.3, 0.4) is 0 Å². The number of aryl methyl sites for hydroxylation is 1. The minimum absolute atomic E-state index is 0.124. The van der Waals surface area contributed by atoms with Crippen LogP contribution in [0.5, 0.6) is 11.5 Å². The first-order valence-corrected chi connectivity index (χ1v) is 11.1. The minimum Gasteiger partial charge on any atom is -0.496 e. The Kier molecular flexibility index (Phi) is 8.03. The molecule has 166 valence electrons. The molecule has 0 radical (unpaired) electrons. The van der Waals surface area contributed by atoms with Crippen molar-refractivity contribution in [2.75, 3.05) is 30.6 Å². The van der Waals surface area contributed by atoms with Crippen LogP contribution in [0.15, 0.2) is 65.6 Å². The first-order chi connectivity index (χ1) is 15.4. The number of amides is 2. The number of anilines is 2. The van der Waals surface area contributed by atoms with Crippen LogP contribution in [-0.2, 0) is 4.79 Å². The number of carbonyl (C=O) groups is 2. The van der Waals surface area contributed by atoms with Crippen LogP contribution >= 0.6 is 23.4 Å². The number of carbonyl (C=O) groups excluding carboxylic acids is 2. The van der Waals surface area contributed by atoms with Crippen LogP contribution in [0.4, 0.5) is 11.4 Å². The molecule has 2 N–H and O–H groups in total. The molecular weight excluding hydrogens is 448 g/mol. The molecule has 0 aromatic heterocycles. The Balaban J connectivity index is 1.59. The van der Waals surface area contributed by atoms with Gasteiger partial charge in [-0.25, -0.2) is 0 Å². The van der Waals surface area contributed by atoms with Crippen molar-refractivity contribution in [2.24, 2.45) is 0 Å². The van der Waals surface area contributed by atoms with Crippen LogP contribution in [-0.4, -0.2) is 31.8 Å². The smallest absolute Gasteiger partial charge is 0.263 e. The molecule has 6 nitrogen and oxygen atoms in total. The summed E-state index contributed by atoms with van der Waals surface area (Å²) in [4.78, 5) is 25.9. The van der Waals surface area contributed by atoms with Crippen LogP contribution < -0.4 is 20.1 Å². The number of thioether (sulfide) groups is 1. The van der Waals surface area contributed by atoms with Crippen molar-refractivity contribution < 1.29 is 19.1 Å². The zero-order chi connectivity index (χ0) is 23.1. The molecule has 0 aliphatic carbocycles. The third-order valence-corrected chi connectivity index (χ3v) is 5.86. The molecule has 8 heteroatoms. The van der Waals surface area contributed by atoms with Gasteiger partial charge in [-0.15, -0.1) is 11.8 Å². The van der Waals surface area contributed by atoms with Crippen LogP contribution in [0.1, 0.15) is 15.9 Å². The van der Waals surface area contributed by atoms with Gasteiger partial charge in [-0.05, 0) is 61.0 Å². The van der Waals surface area contributed by atoms with E-state index in [-0.39, 0.29) is 17.6 Å². The van der Waals surface area contributed by atoms with Crippen LogP contribution in [0.2, 0.25) is 5.02 Å². The zero-order valence-electron chi connectivity index (χ0n) is 17.9. The summed E-state index contributed by atoms with van der Waals surface area (Å²) in [6.45, 7) is 1.91. The van der Waals surface area contributed by atoms with Gasteiger partial charge in [-0.1, -0.05) is 23.7 Å². The predicted molar refractivity (Wildman–Crippen MR) is 129 cm³/mol. The van der Waals surface area contributed by atoms with E-state index in [2.05, 4.69) is 10.6 Å². The van der Waals surface area contributed by atoms with E-state index < -0.39 is 0 Å². The Bertz CT molecular complexity index is 1100. The fraction of sp³-hybridized carbons (Fsp3) is 0.167. The Hall–Kier alpha value is -3.16. The van der Waals surface area contributed by atoms with Crippen molar-refractivity contribution in [3.05, 3.63) is 76.8 Å². The average molecular weight is 471 g/mol. The molecule has 0 heterocycles. The summed E-state index contributed by atoms with van der Waals surface area (Å²) in [6.07, 6.45) is 0. The molecule has 32 heavy (non-hydrogen) atoms. The third-order valence-electron chi connectivity index (χ3n) is 4.61. The van der Waals surface area contributed by atoms with Crippen LogP contribution in [0.25, 0.3) is 0 Å². The summed E-state index contributed by atoms with van der Waals surface area (Å²) in [5, 5.41) is 6.29. The molecule has 3 rings (SSSR count). The van der Waals surface area contributed by atoms with Gasteiger partial charge in [0.15, 0.2) is 0 Å². The largest absolute Gasteiger partial charge is 0.496 e. The van der Waals surface area contributed by atoms with E-state index in [4.69, 9.17) is 21.1 Å². The summed E-state index contributed by atoms with van der Waals surface area (Å²) in [5.41, 5.74) is 2.59. The Morgan fingerprint density at radius 3 is 2.22 bits per heavy atom. The number of benzene rings is 3. The molecule has 0 spiro atoms. The molecule has 0 bridgehead atoms. The molecule has 3 aromatic rings. The van der Waals surface area contributed by atoms with Gasteiger partial charge in [0.25, 0.3) is 5.91 Å². The van der Waals surface area contributed by atoms with Gasteiger partial charge >= 0.3 is 0 Å². The predicted octanol–water partition coefficient (Wildman–Crippen LogP) is 5.65. The Morgan fingerprint density at radius 1 is 0.938 bits per heavy atom. The summed E-state index contributed by atoms with van der Waals surface area (Å²) in [6, 6.07) is 17.8. The number of methoxy groups -OCH3 is 2. The lowest BCUT2D eigenvalue weighted by atomic mass is 10.1. The number of hydrogen-bond acceptors (Lipinski definition) is 5. The fourth-order valence-electron chi connectivity index (χ4n) is 2.97. The van der Waals surface area contributed by atoms with Crippen molar-refractivity contribution in [1.82, 2.24) is 0 Å². The molecule has 0 atom stereocenters. The number of ether oxygens (including phenoxy) is 2. The lowest BCUT2D eigenvalue weighted by molar-refractivity contribution is -0.113. The van der Waals surface area contributed by atoms with Crippen LogP contribution in [0, 0.1) is 6.92 Å². The van der Waals surface area contributed by atoms with Gasteiger partial charge in [-0.2, -0.15) is 0 Å². The highest BCUT2D eigenvalue weighted by molar-refractivity contribution is 8.00. The maximum Gasteiger partial charge on any atom is 0.263 e. The fourth-order valence-corrected chi connectivity index (χ4v) is 3.84. The minimum atomic E-state index is -0.337. The summed E-state index contributed by atoms with van der Waals surface area (Å²) in [7, 11) is 3.00. The Morgan fingerprint density at radius 2 is 1.59 bits per heavy atom. The van der Waals surface area contributed by atoms with Gasteiger partial charge in [0.05, 0.1) is 20.0 Å². The molecule has 3 aromatic carbocycles. The van der Waals surface area contributed by atoms with Gasteiger partial charge in [0.1, 0.15) is 17.1 Å². The molecule has 2 amide bonds. The number of halogens is 1. The molecule has 0 unspecified atom stereocenters. The molecule has 0 aliphatic rings. The van der Waals surface area contributed by atoms with E-state index in [9.17, 15) is 9.59 Å². The topological polar surface area (TPSA) is 76.7 Å². The highest BCUT2D eigenvalue weighted by Gasteiger charge is 2.18. The quantitative estimate of drug-likeness (QED) is 0.416. The number of hydrogen-bond donors (Lipinski definition) is 2. The van der Waals surface area contributed by atoms with E-state index in [0.717, 1.165) is 10.5 Å². The van der Waals surface area contributed by atoms with E-state index >= 15 is 0 Å². The molecular formula is C24H23ClN2O4S. The highest BCUT2D eigenvalue weighted by atomic mass is 35.5. The van der Waals surface area contributed by atoms with Gasteiger partial charge in [0.2, 0.25) is 5.91 Å². The van der Waals surface area contributed by atoms with E-state index in [1.807, 2.05) is 25.1 Å². The van der Waals surface area contributed by atoms with Crippen molar-refractivity contribution in [3.63, 3.8) is 0 Å². The van der Waals surface area contributed by atoms with Gasteiger partial charge < -0.3 is 20.1 Å². The maximum atomic E-state index is 12.8. The summed E-state index contributed by atoms with van der Waals surface area (Å²) in [5.74, 6) is 0.637. The summed E-state index contributed by atoms with van der Waals surface area (Å²) >= 11 is 7.39. The summed E-state index contributed by atoms with van der Waals surface area (Å²) < 4.78 is 10.6. The monoisotopic (exact) mass is 470 g/mol. The van der Waals surface area contributed by atoms with E-state index in [0.29, 0.717) is 33.5 Å². The third kappa shape index (κ3) is 5.96. The van der Waals surface area contributed by atoms with Crippen molar-refractivity contribution >= 4 is 46.6 Å². The second-order valence-electron chi connectivity index (χ2n) is 6.81. The highest BCUT2D eigenvalue weighted by Crippen LogP contribution is 2.29. The molecule has 0 fully saturated rings. The van der Waals surface area contributed by atoms with Crippen molar-refractivity contribution in [2.45, 2.75) is 11.8 Å². The second-order valence-corrected chi connectivity index (χ2v) is 8.30. The standard InChI is InChI=1S/C24H23ClN2O4S/c1-15-7-8-16(25)13-19(15)27-22(28)14-32-18-11-9-17(10-12-18)26-24(29)23-20(30-2)5-4-6-21(23)31-3/h4-13H,14H2,1-3H3,(H,26,29)(H,27,28). The van der Waals surface area contributed by atoms with E-state index in [1.165, 1.54) is 26.0 Å². The molecule has 0 aliphatic heterocycles. The Labute approximate surface area is 196 Å².